The summed E-state index contributed by atoms with van der Waals surface area (Å²) in [6.45, 7) is 0. The van der Waals surface area contributed by atoms with Gasteiger partial charge in [0, 0.05) is 17.4 Å². The molecule has 4 aromatic rings. The van der Waals surface area contributed by atoms with Crippen molar-refractivity contribution >= 4 is 10.9 Å². The molecular weight excluding hydrogens is 293 g/mol. The van der Waals surface area contributed by atoms with Crippen molar-refractivity contribution in [2.45, 2.75) is 0 Å². The predicted molar refractivity (Wildman–Crippen MR) is 83.3 cm³/mol. The van der Waals surface area contributed by atoms with Crippen LogP contribution in [-0.2, 0) is 0 Å². The van der Waals surface area contributed by atoms with Crippen LogP contribution in [0.25, 0.3) is 27.8 Å². The number of benzene rings is 2. The highest BCUT2D eigenvalue weighted by Crippen LogP contribution is 2.27. The van der Waals surface area contributed by atoms with Crippen LogP contribution in [0.2, 0.25) is 0 Å². The van der Waals surface area contributed by atoms with Gasteiger partial charge in [0.1, 0.15) is 17.6 Å². The first-order chi connectivity index (χ1) is 11.3. The fourth-order valence-electron chi connectivity index (χ4n) is 2.61. The number of aromatic nitrogens is 4. The second kappa shape index (κ2) is 5.07. The number of H-pyrrole nitrogens is 1. The van der Waals surface area contributed by atoms with Gasteiger partial charge in [-0.3, -0.25) is 0 Å². The van der Waals surface area contributed by atoms with Crippen LogP contribution in [0.1, 0.15) is 5.69 Å². The Kier molecular flexibility index (Phi) is 2.91. The minimum Gasteiger partial charge on any atom is -0.317 e. The van der Waals surface area contributed by atoms with Crippen LogP contribution in [-0.4, -0.2) is 20.0 Å². The Hall–Kier alpha value is -3.46. The minimum absolute atomic E-state index is 0.254. The van der Waals surface area contributed by atoms with Crippen molar-refractivity contribution in [2.75, 3.05) is 0 Å². The molecule has 0 aliphatic heterocycles. The highest BCUT2D eigenvalue weighted by atomic mass is 19.1. The lowest BCUT2D eigenvalue weighted by molar-refractivity contribution is 0.627. The molecule has 0 aliphatic rings. The molecule has 0 fully saturated rings. The van der Waals surface area contributed by atoms with E-state index in [1.54, 1.807) is 12.1 Å². The summed E-state index contributed by atoms with van der Waals surface area (Å²) in [6.07, 6.45) is 1.93. The third-order valence-corrected chi connectivity index (χ3v) is 3.73. The van der Waals surface area contributed by atoms with Crippen LogP contribution in [0.5, 0.6) is 0 Å². The van der Waals surface area contributed by atoms with Crippen molar-refractivity contribution in [2.24, 2.45) is 0 Å². The summed E-state index contributed by atoms with van der Waals surface area (Å²) >= 11 is 0. The standard InChI is InChI=1S/C17H10FN5/c18-13-3-5-14(6-4-13)23-8-7-11-1-2-12(9-16(11)23)17-15(10-19)20-22-21-17/h1-9H,(H,20,21,22). The highest BCUT2D eigenvalue weighted by Gasteiger charge is 2.12. The fourth-order valence-corrected chi connectivity index (χ4v) is 2.61. The molecule has 0 radical (unpaired) electrons. The maximum Gasteiger partial charge on any atom is 0.190 e. The average Bonchev–Trinajstić information content (AvgIpc) is 3.21. The average molecular weight is 303 g/mol. The van der Waals surface area contributed by atoms with Crippen LogP contribution < -0.4 is 0 Å². The van der Waals surface area contributed by atoms with E-state index in [-0.39, 0.29) is 11.5 Å². The topological polar surface area (TPSA) is 70.3 Å². The lowest BCUT2D eigenvalue weighted by Gasteiger charge is -2.06. The Morgan fingerprint density at radius 1 is 1.04 bits per heavy atom. The van der Waals surface area contributed by atoms with E-state index in [2.05, 4.69) is 15.4 Å². The summed E-state index contributed by atoms with van der Waals surface area (Å²) in [6, 6.07) is 16.1. The SMILES string of the molecule is N#Cc1n[nH]nc1-c1ccc2ccn(-c3ccc(F)cc3)c2c1. The zero-order valence-corrected chi connectivity index (χ0v) is 11.9. The number of halogens is 1. The molecule has 23 heavy (non-hydrogen) atoms. The molecule has 4 rings (SSSR count). The van der Waals surface area contributed by atoms with E-state index in [1.165, 1.54) is 12.1 Å². The Balaban J connectivity index is 1.90. The molecule has 0 amide bonds. The van der Waals surface area contributed by atoms with Gasteiger partial charge < -0.3 is 4.57 Å². The van der Waals surface area contributed by atoms with Gasteiger partial charge in [0.2, 0.25) is 0 Å². The number of nitrogens with one attached hydrogen (secondary N) is 1. The Morgan fingerprint density at radius 3 is 2.65 bits per heavy atom. The van der Waals surface area contributed by atoms with Gasteiger partial charge in [0.15, 0.2) is 5.69 Å². The maximum absolute atomic E-state index is 13.1. The van der Waals surface area contributed by atoms with E-state index in [1.807, 2.05) is 41.1 Å². The molecule has 6 heteroatoms. The van der Waals surface area contributed by atoms with Gasteiger partial charge in [0.25, 0.3) is 0 Å². The quantitative estimate of drug-likeness (QED) is 0.616. The summed E-state index contributed by atoms with van der Waals surface area (Å²) in [5.74, 6) is -0.271. The summed E-state index contributed by atoms with van der Waals surface area (Å²) in [5, 5.41) is 20.5. The van der Waals surface area contributed by atoms with Crippen LogP contribution >= 0.6 is 0 Å². The predicted octanol–water partition coefficient (Wildman–Crippen LogP) is 3.43. The third-order valence-electron chi connectivity index (χ3n) is 3.73. The molecule has 1 N–H and O–H groups in total. The number of hydrogen-bond donors (Lipinski definition) is 1. The molecule has 0 saturated carbocycles. The number of hydrogen-bond acceptors (Lipinski definition) is 3. The molecule has 110 valence electrons. The zero-order valence-electron chi connectivity index (χ0n) is 11.9. The maximum atomic E-state index is 13.1. The van der Waals surface area contributed by atoms with E-state index in [9.17, 15) is 4.39 Å². The molecule has 0 atom stereocenters. The second-order valence-electron chi connectivity index (χ2n) is 5.07. The van der Waals surface area contributed by atoms with Crippen LogP contribution in [0.15, 0.2) is 54.7 Å². The smallest absolute Gasteiger partial charge is 0.190 e. The summed E-state index contributed by atoms with van der Waals surface area (Å²) in [5.41, 5.74) is 3.37. The lowest BCUT2D eigenvalue weighted by Crippen LogP contribution is -1.92. The lowest BCUT2D eigenvalue weighted by atomic mass is 10.1. The van der Waals surface area contributed by atoms with E-state index in [4.69, 9.17) is 5.26 Å². The normalized spacial score (nSPS) is 10.8. The zero-order chi connectivity index (χ0) is 15.8. The van der Waals surface area contributed by atoms with Gasteiger partial charge in [0.05, 0.1) is 5.52 Å². The van der Waals surface area contributed by atoms with Crippen molar-refractivity contribution in [3.63, 3.8) is 0 Å². The summed E-state index contributed by atoms with van der Waals surface area (Å²) in [4.78, 5) is 0. The molecule has 0 bridgehead atoms. The van der Waals surface area contributed by atoms with Gasteiger partial charge in [-0.05, 0) is 41.8 Å². The largest absolute Gasteiger partial charge is 0.317 e. The van der Waals surface area contributed by atoms with Crippen molar-refractivity contribution in [3.05, 3.63) is 66.2 Å². The van der Waals surface area contributed by atoms with Crippen molar-refractivity contribution < 1.29 is 4.39 Å². The highest BCUT2D eigenvalue weighted by molar-refractivity contribution is 5.86. The van der Waals surface area contributed by atoms with Gasteiger partial charge in [-0.25, -0.2) is 4.39 Å². The molecule has 2 heterocycles. The minimum atomic E-state index is -0.271. The molecule has 0 unspecified atom stereocenters. The monoisotopic (exact) mass is 303 g/mol. The molecule has 2 aromatic heterocycles. The molecule has 0 aliphatic carbocycles. The van der Waals surface area contributed by atoms with Crippen molar-refractivity contribution in [1.29, 1.82) is 5.26 Å². The van der Waals surface area contributed by atoms with Crippen molar-refractivity contribution in [3.8, 4) is 23.0 Å². The molecule has 2 aromatic carbocycles. The Bertz CT molecular complexity index is 1040. The first-order valence-corrected chi connectivity index (χ1v) is 6.94. The number of nitrogens with zero attached hydrogens (tertiary/aromatic N) is 4. The third kappa shape index (κ3) is 2.15. The van der Waals surface area contributed by atoms with Gasteiger partial charge in [-0.15, -0.1) is 5.10 Å². The van der Waals surface area contributed by atoms with Gasteiger partial charge in [-0.1, -0.05) is 12.1 Å². The summed E-state index contributed by atoms with van der Waals surface area (Å²) < 4.78 is 15.1. The molecule has 0 saturated heterocycles. The number of nitriles is 1. The summed E-state index contributed by atoms with van der Waals surface area (Å²) in [7, 11) is 0. The van der Waals surface area contributed by atoms with Crippen LogP contribution in [0.4, 0.5) is 4.39 Å². The van der Waals surface area contributed by atoms with Gasteiger partial charge in [-0.2, -0.15) is 15.6 Å². The Morgan fingerprint density at radius 2 is 1.87 bits per heavy atom. The first-order valence-electron chi connectivity index (χ1n) is 6.94. The van der Waals surface area contributed by atoms with E-state index < -0.39 is 0 Å². The number of fused-ring (bicyclic) bond motifs is 1. The molecule has 5 nitrogen and oxygen atoms in total. The fraction of sp³-hybridized carbons (Fsp3) is 0. The van der Waals surface area contributed by atoms with Crippen LogP contribution in [0.3, 0.4) is 0 Å². The van der Waals surface area contributed by atoms with Crippen molar-refractivity contribution in [1.82, 2.24) is 20.0 Å². The van der Waals surface area contributed by atoms with Gasteiger partial charge >= 0.3 is 0 Å². The first kappa shape index (κ1) is 13.2. The Labute approximate surface area is 130 Å². The molecular formula is C17H10FN5. The number of aromatic amines is 1. The molecule has 0 spiro atoms. The second-order valence-corrected chi connectivity index (χ2v) is 5.07. The van der Waals surface area contributed by atoms with E-state index in [0.29, 0.717) is 5.69 Å². The van der Waals surface area contributed by atoms with E-state index >= 15 is 0 Å². The van der Waals surface area contributed by atoms with Crippen LogP contribution in [0, 0.1) is 17.1 Å². The van der Waals surface area contributed by atoms with E-state index in [0.717, 1.165) is 22.2 Å². The number of rotatable bonds is 2.